The Hall–Kier alpha value is -3.74. The second kappa shape index (κ2) is 8.30. The molecule has 0 bridgehead atoms. The summed E-state index contributed by atoms with van der Waals surface area (Å²) in [7, 11) is 3.23. The Morgan fingerprint density at radius 2 is 1.64 bits per heavy atom. The van der Waals surface area contributed by atoms with E-state index in [0.717, 1.165) is 38.4 Å². The normalized spacial score (nSPS) is 13.8. The molecule has 1 aliphatic rings. The number of carbonyl (C=O) groups excluding carboxylic acids is 2. The van der Waals surface area contributed by atoms with E-state index in [2.05, 4.69) is 9.47 Å². The van der Waals surface area contributed by atoms with Gasteiger partial charge in [0.2, 0.25) is 5.75 Å². The van der Waals surface area contributed by atoms with E-state index in [-0.39, 0.29) is 29.3 Å². The van der Waals surface area contributed by atoms with Gasteiger partial charge in [0, 0.05) is 0 Å². The number of ether oxygens (including phenoxy) is 4. The van der Waals surface area contributed by atoms with Gasteiger partial charge in [-0.05, 0) is 12.1 Å². The number of nitro groups is 2. The Morgan fingerprint density at radius 3 is 2.14 bits per heavy atom. The van der Waals surface area contributed by atoms with Crippen molar-refractivity contribution >= 4 is 29.0 Å². The topological polar surface area (TPSA) is 161 Å². The van der Waals surface area contributed by atoms with Crippen molar-refractivity contribution < 1.29 is 38.4 Å². The maximum atomic E-state index is 12.3. The highest BCUT2D eigenvalue weighted by Gasteiger charge is 2.40. The number of nitro benzene ring substituents is 2. The van der Waals surface area contributed by atoms with Crippen LogP contribution < -0.4 is 9.64 Å². The Morgan fingerprint density at radius 1 is 1.04 bits per heavy atom. The van der Waals surface area contributed by atoms with Crippen molar-refractivity contribution in [3.63, 3.8) is 0 Å². The zero-order valence-corrected chi connectivity index (χ0v) is 15.0. The summed E-state index contributed by atoms with van der Waals surface area (Å²) in [6.07, 6.45) is 0. The second-order valence-corrected chi connectivity index (χ2v) is 5.21. The van der Waals surface area contributed by atoms with Crippen molar-refractivity contribution in [2.75, 3.05) is 39.6 Å². The summed E-state index contributed by atoms with van der Waals surface area (Å²) in [5.41, 5.74) is -2.87. The molecule has 1 aromatic carbocycles. The fraction of sp³-hybridized carbons (Fsp3) is 0.333. The summed E-state index contributed by atoms with van der Waals surface area (Å²) in [6, 6.07) is 2.26. The first-order valence-electron chi connectivity index (χ1n) is 7.53. The van der Waals surface area contributed by atoms with Crippen LogP contribution in [-0.4, -0.2) is 56.5 Å². The first-order valence-corrected chi connectivity index (χ1v) is 7.53. The summed E-state index contributed by atoms with van der Waals surface area (Å²) in [6.45, 7) is -0.727. The van der Waals surface area contributed by atoms with Gasteiger partial charge in [-0.25, -0.2) is 9.59 Å². The molecule has 13 nitrogen and oxygen atoms in total. The van der Waals surface area contributed by atoms with Gasteiger partial charge in [-0.2, -0.15) is 0 Å². The van der Waals surface area contributed by atoms with Crippen molar-refractivity contribution in [2.24, 2.45) is 0 Å². The molecule has 0 saturated heterocycles. The molecule has 1 heterocycles. The minimum atomic E-state index is -1.00. The highest BCUT2D eigenvalue weighted by molar-refractivity contribution is 6.04. The molecule has 0 N–H and O–H groups in total. The van der Waals surface area contributed by atoms with Crippen LogP contribution in [0.3, 0.4) is 0 Å². The number of hydrogen-bond donors (Lipinski definition) is 0. The molecule has 28 heavy (non-hydrogen) atoms. The lowest BCUT2D eigenvalue weighted by molar-refractivity contribution is -0.422. The quantitative estimate of drug-likeness (QED) is 0.381. The van der Waals surface area contributed by atoms with Crippen LogP contribution in [0.15, 0.2) is 23.4 Å². The molecule has 0 unspecified atom stereocenters. The number of rotatable bonds is 6. The predicted octanol–water partition coefficient (Wildman–Crippen LogP) is 0.906. The van der Waals surface area contributed by atoms with Crippen molar-refractivity contribution in [1.82, 2.24) is 0 Å². The maximum Gasteiger partial charge on any atom is 0.389 e. The molecular weight excluding hydrogens is 382 g/mol. The molecule has 0 fully saturated rings. The SMILES string of the molecule is COC(=O)C1=C(C(=O)OC)N(c2ccc(OC)c([N+](=O)[O-])c2[N+](=O)[O-])COC1. The zero-order valence-electron chi connectivity index (χ0n) is 15.0. The lowest BCUT2D eigenvalue weighted by atomic mass is 10.1. The monoisotopic (exact) mass is 397 g/mol. The van der Waals surface area contributed by atoms with E-state index in [9.17, 15) is 29.8 Å². The first-order chi connectivity index (χ1) is 13.3. The fourth-order valence-corrected chi connectivity index (χ4v) is 2.62. The molecule has 0 amide bonds. The third kappa shape index (κ3) is 3.55. The van der Waals surface area contributed by atoms with E-state index in [1.807, 2.05) is 0 Å². The van der Waals surface area contributed by atoms with Gasteiger partial charge < -0.3 is 23.8 Å². The molecule has 150 valence electrons. The molecule has 0 spiro atoms. The molecule has 0 atom stereocenters. The first kappa shape index (κ1) is 20.6. The number of anilines is 1. The highest BCUT2D eigenvalue weighted by atomic mass is 16.6. The number of carbonyl (C=O) groups is 2. The molecule has 0 aliphatic carbocycles. The Balaban J connectivity index is 2.83. The zero-order chi connectivity index (χ0) is 21.0. The molecule has 13 heteroatoms. The van der Waals surface area contributed by atoms with E-state index >= 15 is 0 Å². The Labute approximate surface area is 157 Å². The van der Waals surface area contributed by atoms with Gasteiger partial charge in [0.1, 0.15) is 18.1 Å². The number of esters is 2. The predicted molar refractivity (Wildman–Crippen MR) is 90.7 cm³/mol. The Kier molecular flexibility index (Phi) is 6.10. The summed E-state index contributed by atoms with van der Waals surface area (Å²) in [5, 5.41) is 23.1. The largest absolute Gasteiger partial charge is 0.490 e. The third-order valence-corrected chi connectivity index (χ3v) is 3.80. The van der Waals surface area contributed by atoms with E-state index in [1.54, 1.807) is 0 Å². The second-order valence-electron chi connectivity index (χ2n) is 5.21. The van der Waals surface area contributed by atoms with Crippen LogP contribution in [0, 0.1) is 20.2 Å². The molecule has 1 aromatic rings. The lowest BCUT2D eigenvalue weighted by Crippen LogP contribution is -2.39. The van der Waals surface area contributed by atoms with Crippen LogP contribution in [0.4, 0.5) is 17.1 Å². The smallest absolute Gasteiger partial charge is 0.389 e. The molecule has 0 saturated carbocycles. The van der Waals surface area contributed by atoms with Crippen LogP contribution in [0.25, 0.3) is 0 Å². The lowest BCUT2D eigenvalue weighted by Gasteiger charge is -2.30. The van der Waals surface area contributed by atoms with Crippen LogP contribution >= 0.6 is 0 Å². The molecular formula is C15H15N3O10. The number of hydrogen-bond acceptors (Lipinski definition) is 11. The molecule has 2 rings (SSSR count). The van der Waals surface area contributed by atoms with E-state index in [0.29, 0.717) is 0 Å². The van der Waals surface area contributed by atoms with Gasteiger partial charge in [-0.3, -0.25) is 20.2 Å². The van der Waals surface area contributed by atoms with Gasteiger partial charge in [-0.1, -0.05) is 0 Å². The molecule has 0 radical (unpaired) electrons. The average molecular weight is 397 g/mol. The van der Waals surface area contributed by atoms with Gasteiger partial charge in [-0.15, -0.1) is 0 Å². The van der Waals surface area contributed by atoms with Crippen LogP contribution in [0.5, 0.6) is 5.75 Å². The fourth-order valence-electron chi connectivity index (χ4n) is 2.62. The van der Waals surface area contributed by atoms with Crippen LogP contribution in [0.2, 0.25) is 0 Å². The molecule has 0 aromatic heterocycles. The summed E-state index contributed by atoms with van der Waals surface area (Å²) in [5.74, 6) is -2.28. The average Bonchev–Trinajstić information content (AvgIpc) is 2.70. The number of nitrogens with zero attached hydrogens (tertiary/aromatic N) is 3. The minimum Gasteiger partial charge on any atom is -0.490 e. The van der Waals surface area contributed by atoms with Crippen LogP contribution in [-0.2, 0) is 23.8 Å². The number of methoxy groups -OCH3 is 3. The maximum absolute atomic E-state index is 12.3. The van der Waals surface area contributed by atoms with Gasteiger partial charge in [0.25, 0.3) is 0 Å². The van der Waals surface area contributed by atoms with Gasteiger partial charge in [0.05, 0.1) is 43.4 Å². The summed E-state index contributed by atoms with van der Waals surface area (Å²) >= 11 is 0. The highest BCUT2D eigenvalue weighted by Crippen LogP contribution is 2.45. The summed E-state index contributed by atoms with van der Waals surface area (Å²) in [4.78, 5) is 46.3. The van der Waals surface area contributed by atoms with E-state index in [1.165, 1.54) is 0 Å². The minimum absolute atomic E-state index is 0.256. The van der Waals surface area contributed by atoms with E-state index in [4.69, 9.17) is 9.47 Å². The van der Waals surface area contributed by atoms with Crippen molar-refractivity contribution in [2.45, 2.75) is 0 Å². The van der Waals surface area contributed by atoms with Crippen LogP contribution in [0.1, 0.15) is 0 Å². The summed E-state index contributed by atoms with van der Waals surface area (Å²) < 4.78 is 19.3. The standard InChI is InChI=1S/C15H15N3O10/c1-25-10-5-4-9(12(17(21)22)13(10)18(23)24)16-7-28-6-8(14(19)26-2)11(16)15(20)27-3/h4-5H,6-7H2,1-3H3. The van der Waals surface area contributed by atoms with Gasteiger partial charge in [0.15, 0.2) is 0 Å². The van der Waals surface area contributed by atoms with Gasteiger partial charge >= 0.3 is 23.3 Å². The van der Waals surface area contributed by atoms with Crippen molar-refractivity contribution in [3.8, 4) is 5.75 Å². The van der Waals surface area contributed by atoms with Crippen molar-refractivity contribution in [3.05, 3.63) is 43.6 Å². The van der Waals surface area contributed by atoms with E-state index < -0.39 is 39.9 Å². The molecule has 1 aliphatic heterocycles. The Bertz CT molecular complexity index is 879. The van der Waals surface area contributed by atoms with Crippen molar-refractivity contribution in [1.29, 1.82) is 0 Å². The number of benzene rings is 1. The third-order valence-electron chi connectivity index (χ3n) is 3.80.